The first-order chi connectivity index (χ1) is 10.1. The predicted octanol–water partition coefficient (Wildman–Crippen LogP) is 3.77. The number of likely N-dealkylation sites (tertiary alicyclic amines) is 1. The summed E-state index contributed by atoms with van der Waals surface area (Å²) in [5, 5.41) is 9.65. The number of aryl methyl sites for hydroxylation is 1. The summed E-state index contributed by atoms with van der Waals surface area (Å²) < 4.78 is 0. The molecule has 0 bridgehead atoms. The monoisotopic (exact) mass is 287 g/mol. The van der Waals surface area contributed by atoms with Crippen LogP contribution in [0.4, 0.5) is 0 Å². The minimum atomic E-state index is -0.648. The highest BCUT2D eigenvalue weighted by Crippen LogP contribution is 2.44. The topological polar surface area (TPSA) is 40.5 Å². The van der Waals surface area contributed by atoms with Crippen LogP contribution in [0, 0.1) is 12.8 Å². The Morgan fingerprint density at radius 1 is 1.29 bits per heavy atom. The molecule has 3 heteroatoms. The van der Waals surface area contributed by atoms with Crippen LogP contribution < -0.4 is 0 Å². The second-order valence-corrected chi connectivity index (χ2v) is 6.68. The molecule has 3 nitrogen and oxygen atoms in total. The lowest BCUT2D eigenvalue weighted by atomic mass is 9.84. The van der Waals surface area contributed by atoms with Gasteiger partial charge in [-0.25, -0.2) is 0 Å². The van der Waals surface area contributed by atoms with Gasteiger partial charge >= 0.3 is 5.97 Å². The summed E-state index contributed by atoms with van der Waals surface area (Å²) in [7, 11) is 0. The molecule has 3 rings (SSSR count). The molecule has 0 amide bonds. The third-order valence-electron chi connectivity index (χ3n) is 5.51. The molecule has 2 fully saturated rings. The average molecular weight is 287 g/mol. The number of carboxylic acids is 1. The van der Waals surface area contributed by atoms with E-state index in [0.717, 1.165) is 12.8 Å². The maximum atomic E-state index is 11.7. The molecule has 1 saturated carbocycles. The van der Waals surface area contributed by atoms with Gasteiger partial charge in [-0.2, -0.15) is 0 Å². The molecule has 2 aliphatic rings. The van der Waals surface area contributed by atoms with E-state index in [2.05, 4.69) is 36.9 Å². The summed E-state index contributed by atoms with van der Waals surface area (Å²) in [5.41, 5.74) is 2.53. The lowest BCUT2D eigenvalue weighted by Crippen LogP contribution is -2.43. The molecule has 21 heavy (non-hydrogen) atoms. The van der Waals surface area contributed by atoms with Crippen molar-refractivity contribution < 1.29 is 9.90 Å². The molecule has 0 spiro atoms. The quantitative estimate of drug-likeness (QED) is 0.920. The van der Waals surface area contributed by atoms with Crippen LogP contribution in [0.2, 0.25) is 0 Å². The van der Waals surface area contributed by atoms with Crippen molar-refractivity contribution in [2.45, 2.75) is 64.1 Å². The zero-order chi connectivity index (χ0) is 15.0. The van der Waals surface area contributed by atoms with E-state index in [1.165, 1.54) is 30.4 Å². The van der Waals surface area contributed by atoms with Gasteiger partial charge in [-0.1, -0.05) is 37.1 Å². The van der Waals surface area contributed by atoms with Crippen LogP contribution >= 0.6 is 0 Å². The lowest BCUT2D eigenvalue weighted by molar-refractivity contribution is -0.143. The van der Waals surface area contributed by atoms with E-state index in [1.807, 2.05) is 6.07 Å². The Bertz CT molecular complexity index is 528. The van der Waals surface area contributed by atoms with Crippen molar-refractivity contribution in [3.63, 3.8) is 0 Å². The Kier molecular flexibility index (Phi) is 4.03. The second-order valence-electron chi connectivity index (χ2n) is 6.68. The summed E-state index contributed by atoms with van der Waals surface area (Å²) in [6, 6.07) is 8.70. The summed E-state index contributed by atoms with van der Waals surface area (Å²) >= 11 is 0. The highest BCUT2D eigenvalue weighted by Gasteiger charge is 2.47. The van der Waals surface area contributed by atoms with Crippen LogP contribution in [-0.2, 0) is 4.79 Å². The van der Waals surface area contributed by atoms with E-state index in [-0.39, 0.29) is 12.1 Å². The van der Waals surface area contributed by atoms with Crippen LogP contribution in [-0.4, -0.2) is 28.1 Å². The fourth-order valence-electron chi connectivity index (χ4n) is 4.50. The van der Waals surface area contributed by atoms with E-state index in [4.69, 9.17) is 0 Å². The maximum Gasteiger partial charge on any atom is 0.320 e. The maximum absolute atomic E-state index is 11.7. The van der Waals surface area contributed by atoms with Crippen molar-refractivity contribution in [3.05, 3.63) is 35.4 Å². The third-order valence-corrected chi connectivity index (χ3v) is 5.51. The fraction of sp³-hybridized carbons (Fsp3) is 0.611. The summed E-state index contributed by atoms with van der Waals surface area (Å²) in [6.07, 6.45) is 5.69. The molecule has 1 aliphatic heterocycles. The number of aliphatic carboxylic acids is 1. The van der Waals surface area contributed by atoms with Crippen molar-refractivity contribution in [3.8, 4) is 0 Å². The number of rotatable bonds is 3. The standard InChI is InChI=1S/C18H25NO2/c1-12-7-3-5-9-15(12)13(2)19-16-10-6-4-8-14(16)11-17(19)18(20)21/h3,5,7,9,13-14,16-17H,4,6,8,10-11H2,1-2H3,(H,20,21)/t13-,14+,16+,17?/m1/s1. The van der Waals surface area contributed by atoms with Crippen LogP contribution in [0.1, 0.15) is 56.2 Å². The SMILES string of the molecule is Cc1ccccc1[C@@H](C)N1C(C(=O)O)C[C@@H]2CCCC[C@@H]21. The number of hydrogen-bond donors (Lipinski definition) is 1. The minimum Gasteiger partial charge on any atom is -0.480 e. The molecule has 1 aromatic carbocycles. The van der Waals surface area contributed by atoms with Gasteiger partial charge in [0.15, 0.2) is 0 Å². The lowest BCUT2D eigenvalue weighted by Gasteiger charge is -2.37. The Morgan fingerprint density at radius 2 is 2.00 bits per heavy atom. The van der Waals surface area contributed by atoms with Gasteiger partial charge in [0.2, 0.25) is 0 Å². The molecular formula is C18H25NO2. The molecule has 114 valence electrons. The van der Waals surface area contributed by atoms with Crippen LogP contribution in [0.15, 0.2) is 24.3 Å². The molecule has 1 aliphatic carbocycles. The first kappa shape index (κ1) is 14.6. The van der Waals surface area contributed by atoms with Crippen molar-refractivity contribution in [1.29, 1.82) is 0 Å². The first-order valence-electron chi connectivity index (χ1n) is 8.15. The van der Waals surface area contributed by atoms with Gasteiger partial charge in [0.25, 0.3) is 0 Å². The Labute approximate surface area is 127 Å². The number of benzene rings is 1. The van der Waals surface area contributed by atoms with Gasteiger partial charge in [0.1, 0.15) is 6.04 Å². The minimum absolute atomic E-state index is 0.181. The molecule has 0 aromatic heterocycles. The number of fused-ring (bicyclic) bond motifs is 1. The van der Waals surface area contributed by atoms with E-state index in [1.54, 1.807) is 0 Å². The largest absolute Gasteiger partial charge is 0.480 e. The van der Waals surface area contributed by atoms with Crippen molar-refractivity contribution >= 4 is 5.97 Å². The Balaban J connectivity index is 1.93. The summed E-state index contributed by atoms with van der Waals surface area (Å²) in [4.78, 5) is 14.0. The number of carboxylic acid groups (broad SMARTS) is 1. The van der Waals surface area contributed by atoms with Crippen LogP contribution in [0.3, 0.4) is 0 Å². The summed E-state index contributed by atoms with van der Waals surface area (Å²) in [6.45, 7) is 4.30. The fourth-order valence-corrected chi connectivity index (χ4v) is 4.50. The van der Waals surface area contributed by atoms with Gasteiger partial charge in [-0.15, -0.1) is 0 Å². The Morgan fingerprint density at radius 3 is 2.71 bits per heavy atom. The molecule has 1 N–H and O–H groups in total. The molecule has 1 saturated heterocycles. The predicted molar refractivity (Wildman–Crippen MR) is 83.2 cm³/mol. The van der Waals surface area contributed by atoms with Crippen LogP contribution in [0.5, 0.6) is 0 Å². The normalized spacial score (nSPS) is 30.9. The summed E-state index contributed by atoms with van der Waals surface area (Å²) in [5.74, 6) is -0.0730. The van der Waals surface area contributed by atoms with Gasteiger partial charge in [-0.3, -0.25) is 9.69 Å². The van der Waals surface area contributed by atoms with E-state index >= 15 is 0 Å². The second kappa shape index (κ2) is 5.80. The first-order valence-corrected chi connectivity index (χ1v) is 8.15. The molecule has 4 atom stereocenters. The number of hydrogen-bond acceptors (Lipinski definition) is 2. The zero-order valence-corrected chi connectivity index (χ0v) is 13.0. The van der Waals surface area contributed by atoms with Crippen molar-refractivity contribution in [2.75, 3.05) is 0 Å². The van der Waals surface area contributed by atoms with Gasteiger partial charge in [0.05, 0.1) is 0 Å². The van der Waals surface area contributed by atoms with E-state index in [9.17, 15) is 9.90 Å². The third kappa shape index (κ3) is 2.59. The number of nitrogens with zero attached hydrogens (tertiary/aromatic N) is 1. The van der Waals surface area contributed by atoms with Crippen LogP contribution in [0.25, 0.3) is 0 Å². The average Bonchev–Trinajstić information content (AvgIpc) is 2.86. The number of carbonyl (C=O) groups is 1. The highest BCUT2D eigenvalue weighted by molar-refractivity contribution is 5.74. The van der Waals surface area contributed by atoms with Gasteiger partial charge < -0.3 is 5.11 Å². The van der Waals surface area contributed by atoms with Gasteiger partial charge in [0, 0.05) is 12.1 Å². The molecule has 1 heterocycles. The van der Waals surface area contributed by atoms with E-state index in [0.29, 0.717) is 12.0 Å². The molecular weight excluding hydrogens is 262 g/mol. The highest BCUT2D eigenvalue weighted by atomic mass is 16.4. The van der Waals surface area contributed by atoms with E-state index < -0.39 is 5.97 Å². The Hall–Kier alpha value is -1.35. The molecule has 1 unspecified atom stereocenters. The molecule has 1 aromatic rings. The van der Waals surface area contributed by atoms with Crippen molar-refractivity contribution in [1.82, 2.24) is 4.90 Å². The molecule has 0 radical (unpaired) electrons. The van der Waals surface area contributed by atoms with Gasteiger partial charge in [-0.05, 0) is 50.2 Å². The van der Waals surface area contributed by atoms with Crippen molar-refractivity contribution in [2.24, 2.45) is 5.92 Å². The smallest absolute Gasteiger partial charge is 0.320 e. The zero-order valence-electron chi connectivity index (χ0n) is 13.0.